The molecule has 2 N–H and O–H groups in total. The molecule has 4 heterocycles. The SMILES string of the molecule is Cc1cccn2c(=O)c3cc(S(=O)(=O)c4ccc(Br)cc4)c(N)[n+](C[C@H]4CCCO4)c3nc12. The Morgan fingerprint density at radius 2 is 2.03 bits per heavy atom. The van der Waals surface area contributed by atoms with Crippen LogP contribution in [0.2, 0.25) is 0 Å². The maximum atomic E-state index is 13.6. The minimum atomic E-state index is -4.00. The molecule has 0 bridgehead atoms. The van der Waals surface area contributed by atoms with Crippen molar-refractivity contribution in [2.24, 2.45) is 0 Å². The molecule has 1 saturated heterocycles. The average Bonchev–Trinajstić information content (AvgIpc) is 3.30. The number of anilines is 1. The van der Waals surface area contributed by atoms with Crippen molar-refractivity contribution in [2.75, 3.05) is 12.3 Å². The summed E-state index contributed by atoms with van der Waals surface area (Å²) in [6.45, 7) is 2.81. The highest BCUT2D eigenvalue weighted by Gasteiger charge is 2.31. The van der Waals surface area contributed by atoms with Crippen LogP contribution in [0.3, 0.4) is 0 Å². The molecule has 1 aromatic carbocycles. The molecule has 0 unspecified atom stereocenters. The van der Waals surface area contributed by atoms with E-state index in [1.54, 1.807) is 29.0 Å². The number of halogens is 1. The zero-order valence-electron chi connectivity index (χ0n) is 17.9. The fraction of sp³-hybridized carbons (Fsp3) is 0.261. The molecule has 10 heteroatoms. The third-order valence-corrected chi connectivity index (χ3v) is 8.29. The standard InChI is InChI=1S/C23H21BrN4O4S/c1-14-4-2-10-27-21(14)26-22-18(23(27)29)12-19(20(25)28(22)13-16-5-3-11-32-16)33(30,31)17-8-6-15(24)7-9-17/h2,4,6-10,12,16,25H,3,5,11,13H2,1H3/p+1/t16-/m1/s1. The second-order valence-corrected chi connectivity index (χ2v) is 11.0. The van der Waals surface area contributed by atoms with Crippen LogP contribution in [0, 0.1) is 6.92 Å². The first-order chi connectivity index (χ1) is 15.8. The predicted molar refractivity (Wildman–Crippen MR) is 127 cm³/mol. The number of benzene rings is 1. The topological polar surface area (TPSA) is 108 Å². The number of nitrogens with two attached hydrogens (primary N) is 1. The maximum Gasteiger partial charge on any atom is 0.278 e. The third-order valence-electron chi connectivity index (χ3n) is 5.96. The molecule has 1 fully saturated rings. The first kappa shape index (κ1) is 22.0. The van der Waals surface area contributed by atoms with Gasteiger partial charge in [0.25, 0.3) is 11.2 Å². The van der Waals surface area contributed by atoms with Gasteiger partial charge >= 0.3 is 0 Å². The van der Waals surface area contributed by atoms with E-state index in [1.165, 1.54) is 22.6 Å². The highest BCUT2D eigenvalue weighted by molar-refractivity contribution is 9.10. The van der Waals surface area contributed by atoms with E-state index in [0.29, 0.717) is 24.4 Å². The Morgan fingerprint density at radius 1 is 1.27 bits per heavy atom. The van der Waals surface area contributed by atoms with Gasteiger partial charge in [-0.2, -0.15) is 0 Å². The maximum absolute atomic E-state index is 13.6. The summed E-state index contributed by atoms with van der Waals surface area (Å²) in [6, 6.07) is 11.3. The minimum absolute atomic E-state index is 0.0331. The van der Waals surface area contributed by atoms with Gasteiger partial charge in [0.05, 0.1) is 17.5 Å². The van der Waals surface area contributed by atoms with E-state index in [4.69, 9.17) is 15.5 Å². The Balaban J connectivity index is 1.84. The van der Waals surface area contributed by atoms with Gasteiger partial charge < -0.3 is 10.5 Å². The first-order valence-electron chi connectivity index (χ1n) is 10.5. The zero-order chi connectivity index (χ0) is 23.3. The van der Waals surface area contributed by atoms with Crippen LogP contribution in [0.1, 0.15) is 18.4 Å². The van der Waals surface area contributed by atoms with Gasteiger partial charge in [-0.1, -0.05) is 27.0 Å². The van der Waals surface area contributed by atoms with Gasteiger partial charge in [0, 0.05) is 22.8 Å². The summed E-state index contributed by atoms with van der Waals surface area (Å²) < 4.78 is 36.7. The summed E-state index contributed by atoms with van der Waals surface area (Å²) in [5.74, 6) is 0.0331. The number of nitrogens with zero attached hydrogens (tertiary/aromatic N) is 3. The van der Waals surface area contributed by atoms with Crippen molar-refractivity contribution in [3.05, 3.63) is 69.1 Å². The van der Waals surface area contributed by atoms with E-state index in [9.17, 15) is 13.2 Å². The monoisotopic (exact) mass is 529 g/mol. The molecule has 0 radical (unpaired) electrons. The largest absolute Gasteiger partial charge is 0.375 e. The Kier molecular flexibility index (Phi) is 5.46. The van der Waals surface area contributed by atoms with Gasteiger partial charge in [-0.05, 0) is 56.2 Å². The lowest BCUT2D eigenvalue weighted by molar-refractivity contribution is -0.667. The lowest BCUT2D eigenvalue weighted by Gasteiger charge is -2.15. The summed E-state index contributed by atoms with van der Waals surface area (Å²) in [4.78, 5) is 18.1. The van der Waals surface area contributed by atoms with Gasteiger partial charge in [0.15, 0.2) is 0 Å². The van der Waals surface area contributed by atoms with E-state index in [1.807, 2.05) is 13.0 Å². The number of fused-ring (bicyclic) bond motifs is 2. The van der Waals surface area contributed by atoms with Crippen molar-refractivity contribution in [2.45, 2.75) is 42.2 Å². The lowest BCUT2D eigenvalue weighted by atomic mass is 10.2. The van der Waals surface area contributed by atoms with E-state index < -0.39 is 9.84 Å². The number of aryl methyl sites for hydroxylation is 1. The van der Waals surface area contributed by atoms with E-state index in [-0.39, 0.29) is 32.7 Å². The number of pyridine rings is 2. The molecule has 0 spiro atoms. The van der Waals surface area contributed by atoms with E-state index in [0.717, 1.165) is 22.9 Å². The molecule has 170 valence electrons. The molecular formula is C23H22BrN4O4S+. The van der Waals surface area contributed by atoms with Crippen molar-refractivity contribution < 1.29 is 17.7 Å². The van der Waals surface area contributed by atoms with Crippen LogP contribution in [-0.2, 0) is 21.1 Å². The summed E-state index contributed by atoms with van der Waals surface area (Å²) >= 11 is 3.32. The Hall–Kier alpha value is -2.82. The molecule has 1 aliphatic heterocycles. The summed E-state index contributed by atoms with van der Waals surface area (Å²) in [5, 5.41) is 0.181. The van der Waals surface area contributed by atoms with Crippen LogP contribution >= 0.6 is 15.9 Å². The number of sulfone groups is 1. The molecule has 5 rings (SSSR count). The van der Waals surface area contributed by atoms with Crippen molar-refractivity contribution in [3.8, 4) is 0 Å². The normalized spacial score (nSPS) is 16.6. The van der Waals surface area contributed by atoms with Crippen molar-refractivity contribution in [3.63, 3.8) is 0 Å². The van der Waals surface area contributed by atoms with Gasteiger partial charge in [0.2, 0.25) is 21.3 Å². The fourth-order valence-corrected chi connectivity index (χ4v) is 5.89. The lowest BCUT2D eigenvalue weighted by Crippen LogP contribution is -2.45. The highest BCUT2D eigenvalue weighted by atomic mass is 79.9. The summed E-state index contributed by atoms with van der Waals surface area (Å²) in [5.41, 5.74) is 7.80. The number of ether oxygens (including phenoxy) is 1. The Bertz CT molecular complexity index is 1560. The molecule has 3 aromatic heterocycles. The van der Waals surface area contributed by atoms with Gasteiger partial charge in [-0.25, -0.2) is 13.0 Å². The van der Waals surface area contributed by atoms with Crippen LogP contribution < -0.4 is 15.9 Å². The fourth-order valence-electron chi connectivity index (χ4n) is 4.22. The van der Waals surface area contributed by atoms with Crippen LogP contribution in [-0.4, -0.2) is 30.5 Å². The molecule has 0 aliphatic carbocycles. The Labute approximate surface area is 198 Å². The van der Waals surface area contributed by atoms with Crippen molar-refractivity contribution in [1.82, 2.24) is 9.38 Å². The molecule has 0 saturated carbocycles. The van der Waals surface area contributed by atoms with E-state index >= 15 is 0 Å². The van der Waals surface area contributed by atoms with Gasteiger partial charge in [0.1, 0.15) is 10.3 Å². The smallest absolute Gasteiger partial charge is 0.278 e. The predicted octanol–water partition coefficient (Wildman–Crippen LogP) is 2.80. The second kappa shape index (κ2) is 8.19. The quantitative estimate of drug-likeness (QED) is 0.321. The van der Waals surface area contributed by atoms with Crippen molar-refractivity contribution in [1.29, 1.82) is 0 Å². The van der Waals surface area contributed by atoms with Gasteiger partial charge in [-0.15, -0.1) is 0 Å². The number of hydrogen-bond acceptors (Lipinski definition) is 6. The molecule has 0 amide bonds. The zero-order valence-corrected chi connectivity index (χ0v) is 20.3. The van der Waals surface area contributed by atoms with Crippen LogP contribution in [0.15, 0.2) is 67.7 Å². The molecule has 33 heavy (non-hydrogen) atoms. The molecule has 1 atom stereocenters. The number of hydrogen-bond donors (Lipinski definition) is 1. The molecule has 4 aromatic rings. The summed E-state index contributed by atoms with van der Waals surface area (Å²) in [7, 11) is -4.00. The first-order valence-corrected chi connectivity index (χ1v) is 12.8. The number of aromatic nitrogens is 3. The molecule has 1 aliphatic rings. The summed E-state index contributed by atoms with van der Waals surface area (Å²) in [6.07, 6.45) is 3.23. The number of rotatable bonds is 4. The highest BCUT2D eigenvalue weighted by Crippen LogP contribution is 2.28. The van der Waals surface area contributed by atoms with E-state index in [2.05, 4.69) is 15.9 Å². The number of nitrogen functional groups attached to an aromatic ring is 1. The third kappa shape index (κ3) is 3.71. The average molecular weight is 530 g/mol. The molecular weight excluding hydrogens is 508 g/mol. The van der Waals surface area contributed by atoms with Gasteiger partial charge in [-0.3, -0.25) is 9.20 Å². The van der Waals surface area contributed by atoms with Crippen molar-refractivity contribution >= 4 is 48.3 Å². The van der Waals surface area contributed by atoms with Crippen LogP contribution in [0.4, 0.5) is 5.82 Å². The minimum Gasteiger partial charge on any atom is -0.375 e. The molecule has 8 nitrogen and oxygen atoms in total. The van der Waals surface area contributed by atoms with Crippen LogP contribution in [0.5, 0.6) is 0 Å². The van der Waals surface area contributed by atoms with Crippen LogP contribution in [0.25, 0.3) is 16.7 Å². The second-order valence-electron chi connectivity index (χ2n) is 8.14. The Morgan fingerprint density at radius 3 is 2.73 bits per heavy atom.